The van der Waals surface area contributed by atoms with Gasteiger partial charge in [-0.1, -0.05) is 71.9 Å². The van der Waals surface area contributed by atoms with Crippen molar-refractivity contribution < 1.29 is 4.74 Å². The Labute approximate surface area is 160 Å². The molecule has 136 valence electrons. The summed E-state index contributed by atoms with van der Waals surface area (Å²) in [6, 6.07) is 12.7. The van der Waals surface area contributed by atoms with Crippen LogP contribution in [0.4, 0.5) is 0 Å². The van der Waals surface area contributed by atoms with Gasteiger partial charge in [-0.3, -0.25) is 0 Å². The molecule has 25 heavy (non-hydrogen) atoms. The quantitative estimate of drug-likeness (QED) is 0.670. The maximum absolute atomic E-state index is 6.24. The van der Waals surface area contributed by atoms with Crippen LogP contribution in [-0.4, -0.2) is 0 Å². The molecule has 0 fully saturated rings. The van der Waals surface area contributed by atoms with Crippen molar-refractivity contribution in [3.8, 4) is 5.75 Å². The fourth-order valence-electron chi connectivity index (χ4n) is 2.66. The van der Waals surface area contributed by atoms with E-state index in [0.29, 0.717) is 13.2 Å². The summed E-state index contributed by atoms with van der Waals surface area (Å²) in [5, 5.41) is 0. The highest BCUT2D eigenvalue weighted by atomic mass is 79.9. The number of halogens is 1. The van der Waals surface area contributed by atoms with Crippen LogP contribution in [0.2, 0.25) is 0 Å². The Kier molecular flexibility index (Phi) is 6.01. The van der Waals surface area contributed by atoms with Crippen LogP contribution in [0.3, 0.4) is 0 Å². The van der Waals surface area contributed by atoms with Gasteiger partial charge >= 0.3 is 0 Å². The first kappa shape index (κ1) is 20.0. The molecule has 0 radical (unpaired) electrons. The number of ether oxygens (including phenoxy) is 1. The summed E-state index contributed by atoms with van der Waals surface area (Å²) in [4.78, 5) is 0. The van der Waals surface area contributed by atoms with Gasteiger partial charge in [0, 0.05) is 12.1 Å². The number of benzene rings is 2. The third-order valence-corrected chi connectivity index (χ3v) is 4.95. The molecule has 0 saturated heterocycles. The topological polar surface area (TPSA) is 35.2 Å². The monoisotopic (exact) mass is 403 g/mol. The Morgan fingerprint density at radius 2 is 1.44 bits per heavy atom. The Hall–Kier alpha value is -1.32. The third kappa shape index (κ3) is 5.08. The maximum atomic E-state index is 6.24. The second-order valence-corrected chi connectivity index (χ2v) is 9.50. The molecule has 3 heteroatoms. The minimum atomic E-state index is 0.00250. The van der Waals surface area contributed by atoms with Crippen molar-refractivity contribution in [3.63, 3.8) is 0 Å². The zero-order valence-corrected chi connectivity index (χ0v) is 17.8. The van der Waals surface area contributed by atoms with Crippen molar-refractivity contribution in [1.29, 1.82) is 0 Å². The van der Waals surface area contributed by atoms with E-state index in [1.165, 1.54) is 11.1 Å². The minimum Gasteiger partial charge on any atom is -0.487 e. The molecule has 0 aliphatic heterocycles. The van der Waals surface area contributed by atoms with Gasteiger partial charge in [-0.05, 0) is 49.5 Å². The van der Waals surface area contributed by atoms with Gasteiger partial charge in [-0.25, -0.2) is 0 Å². The van der Waals surface area contributed by atoms with Crippen molar-refractivity contribution in [2.24, 2.45) is 5.73 Å². The fourth-order valence-corrected chi connectivity index (χ4v) is 3.23. The summed E-state index contributed by atoms with van der Waals surface area (Å²) in [7, 11) is 0. The number of hydrogen-bond donors (Lipinski definition) is 1. The lowest BCUT2D eigenvalue weighted by Gasteiger charge is -2.28. The van der Waals surface area contributed by atoms with Crippen LogP contribution in [0, 0.1) is 0 Å². The van der Waals surface area contributed by atoms with E-state index in [2.05, 4.69) is 93.9 Å². The predicted molar refractivity (Wildman–Crippen MR) is 110 cm³/mol. The third-order valence-electron chi connectivity index (χ3n) is 4.36. The molecule has 0 atom stereocenters. The van der Waals surface area contributed by atoms with Crippen LogP contribution < -0.4 is 10.5 Å². The average molecular weight is 404 g/mol. The van der Waals surface area contributed by atoms with Crippen LogP contribution in [0.5, 0.6) is 5.75 Å². The van der Waals surface area contributed by atoms with Crippen LogP contribution in [-0.2, 0) is 24.0 Å². The van der Waals surface area contributed by atoms with E-state index >= 15 is 0 Å². The van der Waals surface area contributed by atoms with E-state index in [1.807, 2.05) is 0 Å². The second-order valence-electron chi connectivity index (χ2n) is 8.64. The van der Waals surface area contributed by atoms with Crippen LogP contribution in [0.25, 0.3) is 0 Å². The first-order valence-electron chi connectivity index (χ1n) is 8.77. The number of nitrogens with two attached hydrogens (primary N) is 1. The first-order chi connectivity index (χ1) is 11.5. The lowest BCUT2D eigenvalue weighted by atomic mass is 9.80. The normalized spacial score (nSPS) is 12.3. The Balaban J connectivity index is 2.35. The molecular weight excluding hydrogens is 374 g/mol. The van der Waals surface area contributed by atoms with Crippen molar-refractivity contribution in [1.82, 2.24) is 0 Å². The van der Waals surface area contributed by atoms with Gasteiger partial charge in [0.05, 0.1) is 4.47 Å². The van der Waals surface area contributed by atoms with Gasteiger partial charge in [-0.2, -0.15) is 0 Å². The van der Waals surface area contributed by atoms with Crippen molar-refractivity contribution in [2.45, 2.75) is 65.5 Å². The van der Waals surface area contributed by atoms with Crippen molar-refractivity contribution in [3.05, 3.63) is 63.1 Å². The summed E-state index contributed by atoms with van der Waals surface area (Å²) in [5.74, 6) is 0.934. The molecule has 2 aromatic carbocycles. The molecule has 0 aromatic heterocycles. The van der Waals surface area contributed by atoms with Gasteiger partial charge in [0.2, 0.25) is 0 Å². The van der Waals surface area contributed by atoms with Crippen LogP contribution in [0.15, 0.2) is 40.9 Å². The molecule has 0 aliphatic carbocycles. The van der Waals surface area contributed by atoms with Crippen LogP contribution >= 0.6 is 15.9 Å². The smallest absolute Gasteiger partial charge is 0.137 e. The molecule has 0 spiro atoms. The SMILES string of the molecule is CC(C)(C)c1cc(Br)c(OCc2ccc(CN)cc2)c(C(C)(C)C)c1. The lowest BCUT2D eigenvalue weighted by Crippen LogP contribution is -2.18. The number of hydrogen-bond acceptors (Lipinski definition) is 2. The molecule has 0 bridgehead atoms. The maximum Gasteiger partial charge on any atom is 0.137 e. The van der Waals surface area contributed by atoms with Crippen LogP contribution in [0.1, 0.15) is 63.8 Å². The minimum absolute atomic E-state index is 0.00250. The standard InChI is InChI=1S/C22H30BrNO/c1-21(2,3)17-11-18(22(4,5)6)20(19(23)12-17)25-14-16-9-7-15(13-24)8-10-16/h7-12H,13-14,24H2,1-6H3. The van der Waals surface area contributed by atoms with E-state index in [1.54, 1.807) is 0 Å². The lowest BCUT2D eigenvalue weighted by molar-refractivity contribution is 0.295. The molecule has 0 heterocycles. The van der Waals surface area contributed by atoms with E-state index < -0.39 is 0 Å². The molecule has 0 unspecified atom stereocenters. The molecular formula is C22H30BrNO. The van der Waals surface area contributed by atoms with E-state index in [-0.39, 0.29) is 10.8 Å². The Morgan fingerprint density at radius 1 is 0.880 bits per heavy atom. The largest absolute Gasteiger partial charge is 0.487 e. The highest BCUT2D eigenvalue weighted by Gasteiger charge is 2.25. The predicted octanol–water partition coefficient (Wildman–Crippen LogP) is 6.08. The zero-order valence-electron chi connectivity index (χ0n) is 16.2. The summed E-state index contributed by atoms with van der Waals surface area (Å²) in [6.45, 7) is 14.5. The van der Waals surface area contributed by atoms with Gasteiger partial charge in [0.15, 0.2) is 0 Å². The van der Waals surface area contributed by atoms with Gasteiger partial charge in [0.1, 0.15) is 12.4 Å². The molecule has 0 amide bonds. The molecule has 2 rings (SSSR count). The van der Waals surface area contributed by atoms with Crippen molar-refractivity contribution >= 4 is 15.9 Å². The van der Waals surface area contributed by atoms with Crippen molar-refractivity contribution in [2.75, 3.05) is 0 Å². The Bertz CT molecular complexity index is 721. The summed E-state index contributed by atoms with van der Waals surface area (Å²) < 4.78 is 7.26. The molecule has 0 aliphatic rings. The molecule has 0 saturated carbocycles. The highest BCUT2D eigenvalue weighted by Crippen LogP contribution is 2.41. The van der Waals surface area contributed by atoms with E-state index in [4.69, 9.17) is 10.5 Å². The molecule has 2 N–H and O–H groups in total. The average Bonchev–Trinajstić information content (AvgIpc) is 2.51. The fraction of sp³-hybridized carbons (Fsp3) is 0.455. The zero-order chi connectivity index (χ0) is 18.8. The molecule has 2 aromatic rings. The summed E-state index contributed by atoms with van der Waals surface area (Å²) in [5.41, 5.74) is 10.6. The molecule has 2 nitrogen and oxygen atoms in total. The van der Waals surface area contributed by atoms with E-state index in [0.717, 1.165) is 21.3 Å². The van der Waals surface area contributed by atoms with Gasteiger partial charge < -0.3 is 10.5 Å². The summed E-state index contributed by atoms with van der Waals surface area (Å²) in [6.07, 6.45) is 0. The van der Waals surface area contributed by atoms with Gasteiger partial charge in [0.25, 0.3) is 0 Å². The first-order valence-corrected chi connectivity index (χ1v) is 9.57. The second kappa shape index (κ2) is 7.51. The Morgan fingerprint density at radius 3 is 1.92 bits per heavy atom. The number of rotatable bonds is 4. The highest BCUT2D eigenvalue weighted by molar-refractivity contribution is 9.10. The summed E-state index contributed by atoms with van der Waals surface area (Å²) >= 11 is 3.74. The van der Waals surface area contributed by atoms with E-state index in [9.17, 15) is 0 Å². The van der Waals surface area contributed by atoms with Gasteiger partial charge in [-0.15, -0.1) is 0 Å².